The fraction of sp³-hybridized carbons (Fsp3) is 0.125. The first-order valence-corrected chi connectivity index (χ1v) is 10.3. The van der Waals surface area contributed by atoms with Gasteiger partial charge in [-0.15, -0.1) is 0 Å². The molecule has 0 radical (unpaired) electrons. The van der Waals surface area contributed by atoms with E-state index in [2.05, 4.69) is 16.0 Å². The number of amides is 2. The molecule has 0 aromatic heterocycles. The molecule has 0 aliphatic heterocycles. The van der Waals surface area contributed by atoms with Gasteiger partial charge in [-0.2, -0.15) is 0 Å². The van der Waals surface area contributed by atoms with Gasteiger partial charge in [0.05, 0.1) is 6.61 Å². The van der Waals surface area contributed by atoms with E-state index in [0.29, 0.717) is 41.5 Å². The molecule has 0 aliphatic rings. The molecular weight excluding hydrogens is 426 g/mol. The molecular formula is C24H23N3O4S. The van der Waals surface area contributed by atoms with Crippen LogP contribution < -0.4 is 20.7 Å². The third-order valence-electron chi connectivity index (χ3n) is 4.31. The van der Waals surface area contributed by atoms with Crippen molar-refractivity contribution in [2.45, 2.75) is 0 Å². The zero-order valence-electron chi connectivity index (χ0n) is 17.5. The van der Waals surface area contributed by atoms with Crippen LogP contribution in [0.15, 0.2) is 78.9 Å². The molecule has 0 heterocycles. The second-order valence-corrected chi connectivity index (χ2v) is 7.08. The first-order chi connectivity index (χ1) is 15.5. The molecule has 7 nitrogen and oxygen atoms in total. The first-order valence-electron chi connectivity index (χ1n) is 9.86. The monoisotopic (exact) mass is 449 g/mol. The van der Waals surface area contributed by atoms with Gasteiger partial charge in [0.2, 0.25) is 0 Å². The van der Waals surface area contributed by atoms with E-state index >= 15 is 0 Å². The SMILES string of the molecule is COCCOc1ccc(C(=O)NC(=S)Nc2cccc(NC(=O)c3ccccc3)c2)cc1. The number of hydrogen-bond acceptors (Lipinski definition) is 5. The van der Waals surface area contributed by atoms with Crippen LogP contribution in [0.4, 0.5) is 11.4 Å². The molecule has 0 aliphatic carbocycles. The van der Waals surface area contributed by atoms with Gasteiger partial charge in [0.15, 0.2) is 5.11 Å². The largest absolute Gasteiger partial charge is 0.491 e. The van der Waals surface area contributed by atoms with E-state index in [4.69, 9.17) is 21.7 Å². The second kappa shape index (κ2) is 11.6. The number of anilines is 2. The maximum absolute atomic E-state index is 12.4. The highest BCUT2D eigenvalue weighted by Gasteiger charge is 2.10. The Kier molecular flexibility index (Phi) is 8.30. The van der Waals surface area contributed by atoms with Crippen molar-refractivity contribution in [3.63, 3.8) is 0 Å². The third kappa shape index (κ3) is 6.90. The van der Waals surface area contributed by atoms with Crippen LogP contribution in [0.25, 0.3) is 0 Å². The molecule has 0 fully saturated rings. The van der Waals surface area contributed by atoms with Crippen LogP contribution in [0.2, 0.25) is 0 Å². The quantitative estimate of drug-likeness (QED) is 0.355. The molecule has 8 heteroatoms. The van der Waals surface area contributed by atoms with Gasteiger partial charge < -0.3 is 20.1 Å². The van der Waals surface area contributed by atoms with E-state index in [1.165, 1.54) is 0 Å². The van der Waals surface area contributed by atoms with Crippen molar-refractivity contribution < 1.29 is 19.1 Å². The average molecular weight is 450 g/mol. The van der Waals surface area contributed by atoms with Crippen LogP contribution in [0, 0.1) is 0 Å². The summed E-state index contributed by atoms with van der Waals surface area (Å²) in [5, 5.41) is 8.56. The number of rotatable bonds is 8. The van der Waals surface area contributed by atoms with Gasteiger partial charge in [0, 0.05) is 29.6 Å². The van der Waals surface area contributed by atoms with Gasteiger partial charge in [-0.05, 0) is 66.8 Å². The first kappa shape index (κ1) is 22.9. The number of ether oxygens (including phenoxy) is 2. The molecule has 3 aromatic rings. The predicted octanol–water partition coefficient (Wildman–Crippen LogP) is 4.09. The summed E-state index contributed by atoms with van der Waals surface area (Å²) < 4.78 is 10.4. The Hall–Kier alpha value is -3.75. The minimum absolute atomic E-state index is 0.141. The van der Waals surface area contributed by atoms with E-state index in [-0.39, 0.29) is 16.9 Å². The van der Waals surface area contributed by atoms with Gasteiger partial charge >= 0.3 is 0 Å². The molecule has 0 saturated heterocycles. The molecule has 32 heavy (non-hydrogen) atoms. The van der Waals surface area contributed by atoms with E-state index in [1.807, 2.05) is 6.07 Å². The molecule has 0 saturated carbocycles. The van der Waals surface area contributed by atoms with Crippen LogP contribution >= 0.6 is 12.2 Å². The Labute approximate surface area is 191 Å². The van der Waals surface area contributed by atoms with Gasteiger partial charge in [-0.25, -0.2) is 0 Å². The molecule has 0 spiro atoms. The van der Waals surface area contributed by atoms with Crippen molar-refractivity contribution in [1.82, 2.24) is 5.32 Å². The standard InChI is InChI=1S/C24H23N3O4S/c1-30-14-15-31-21-12-10-18(11-13-21)23(29)27-24(32)26-20-9-5-8-19(16-20)25-22(28)17-6-3-2-4-7-17/h2-13,16H,14-15H2,1H3,(H,25,28)(H2,26,27,29,32). The maximum Gasteiger partial charge on any atom is 0.257 e. The van der Waals surface area contributed by atoms with Gasteiger partial charge in [0.1, 0.15) is 12.4 Å². The second-order valence-electron chi connectivity index (χ2n) is 6.67. The number of carbonyl (C=O) groups excluding carboxylic acids is 2. The molecule has 3 N–H and O–H groups in total. The van der Waals surface area contributed by atoms with Crippen molar-refractivity contribution >= 4 is 40.5 Å². The zero-order chi connectivity index (χ0) is 22.8. The molecule has 0 bridgehead atoms. The molecule has 0 unspecified atom stereocenters. The van der Waals surface area contributed by atoms with Crippen LogP contribution in [-0.4, -0.2) is 37.3 Å². The molecule has 164 valence electrons. The Morgan fingerprint density at radius 3 is 2.12 bits per heavy atom. The van der Waals surface area contributed by atoms with E-state index in [0.717, 1.165) is 0 Å². The van der Waals surface area contributed by atoms with Crippen LogP contribution in [0.1, 0.15) is 20.7 Å². The summed E-state index contributed by atoms with van der Waals surface area (Å²) in [5.74, 6) is 0.0846. The van der Waals surface area contributed by atoms with Gasteiger partial charge in [0.25, 0.3) is 11.8 Å². The Bertz CT molecular complexity index is 1070. The van der Waals surface area contributed by atoms with Crippen LogP contribution in [-0.2, 0) is 4.74 Å². The summed E-state index contributed by atoms with van der Waals surface area (Å²) in [5.41, 5.74) is 2.23. The minimum Gasteiger partial charge on any atom is -0.491 e. The van der Waals surface area contributed by atoms with E-state index in [9.17, 15) is 9.59 Å². The van der Waals surface area contributed by atoms with E-state index in [1.54, 1.807) is 79.9 Å². The maximum atomic E-state index is 12.4. The summed E-state index contributed by atoms with van der Waals surface area (Å²) in [6.45, 7) is 0.917. The molecule has 2 amide bonds. The van der Waals surface area contributed by atoms with Crippen molar-refractivity contribution in [1.29, 1.82) is 0 Å². The minimum atomic E-state index is -0.348. The smallest absolute Gasteiger partial charge is 0.257 e. The van der Waals surface area contributed by atoms with Crippen molar-refractivity contribution in [2.24, 2.45) is 0 Å². The fourth-order valence-electron chi connectivity index (χ4n) is 2.75. The highest BCUT2D eigenvalue weighted by atomic mass is 32.1. The lowest BCUT2D eigenvalue weighted by Crippen LogP contribution is -2.34. The summed E-state index contributed by atoms with van der Waals surface area (Å²) in [6, 6.07) is 22.7. The highest BCUT2D eigenvalue weighted by Crippen LogP contribution is 2.16. The fourth-order valence-corrected chi connectivity index (χ4v) is 2.96. The summed E-state index contributed by atoms with van der Waals surface area (Å²) in [4.78, 5) is 24.7. The van der Waals surface area contributed by atoms with Gasteiger partial charge in [-0.3, -0.25) is 14.9 Å². The predicted molar refractivity (Wildman–Crippen MR) is 128 cm³/mol. The number of nitrogens with one attached hydrogen (secondary N) is 3. The number of methoxy groups -OCH3 is 1. The van der Waals surface area contributed by atoms with Crippen molar-refractivity contribution in [3.8, 4) is 5.75 Å². The number of carbonyl (C=O) groups is 2. The van der Waals surface area contributed by atoms with E-state index < -0.39 is 0 Å². The van der Waals surface area contributed by atoms with Crippen LogP contribution in [0.3, 0.4) is 0 Å². The molecule has 3 aromatic carbocycles. The van der Waals surface area contributed by atoms with Crippen molar-refractivity contribution in [2.75, 3.05) is 31.0 Å². The number of hydrogen-bond donors (Lipinski definition) is 3. The van der Waals surface area contributed by atoms with Crippen LogP contribution in [0.5, 0.6) is 5.75 Å². The molecule has 0 atom stereocenters. The summed E-state index contributed by atoms with van der Waals surface area (Å²) in [6.07, 6.45) is 0. The highest BCUT2D eigenvalue weighted by molar-refractivity contribution is 7.80. The lowest BCUT2D eigenvalue weighted by atomic mass is 10.2. The lowest BCUT2D eigenvalue weighted by Gasteiger charge is -2.12. The summed E-state index contributed by atoms with van der Waals surface area (Å²) in [7, 11) is 1.60. The summed E-state index contributed by atoms with van der Waals surface area (Å²) >= 11 is 5.25. The third-order valence-corrected chi connectivity index (χ3v) is 4.52. The lowest BCUT2D eigenvalue weighted by molar-refractivity contribution is 0.0976. The Morgan fingerprint density at radius 2 is 1.44 bits per heavy atom. The molecule has 3 rings (SSSR count). The number of thiocarbonyl (C=S) groups is 1. The van der Waals surface area contributed by atoms with Crippen molar-refractivity contribution in [3.05, 3.63) is 90.0 Å². The normalized spacial score (nSPS) is 10.2. The Morgan fingerprint density at radius 1 is 0.781 bits per heavy atom. The average Bonchev–Trinajstić information content (AvgIpc) is 2.80. The van der Waals surface area contributed by atoms with Gasteiger partial charge in [-0.1, -0.05) is 24.3 Å². The number of benzene rings is 3. The zero-order valence-corrected chi connectivity index (χ0v) is 18.3. The topological polar surface area (TPSA) is 88.7 Å². The Balaban J connectivity index is 1.54.